The summed E-state index contributed by atoms with van der Waals surface area (Å²) in [6, 6.07) is 13.7. The first-order valence-corrected chi connectivity index (χ1v) is 6.00. The number of fused-ring (bicyclic) bond motifs is 1. The summed E-state index contributed by atoms with van der Waals surface area (Å²) in [6.45, 7) is 0. The second kappa shape index (κ2) is 4.25. The van der Waals surface area contributed by atoms with Crippen LogP contribution in [0.25, 0.3) is 22.0 Å². The van der Waals surface area contributed by atoms with Crippen molar-refractivity contribution in [1.82, 2.24) is 4.98 Å². The number of aromatic amines is 1. The average molecular weight is 252 g/mol. The molecule has 0 saturated carbocycles. The van der Waals surface area contributed by atoms with Gasteiger partial charge in [-0.3, -0.25) is 0 Å². The number of H-pyrrole nitrogens is 1. The van der Waals surface area contributed by atoms with Crippen molar-refractivity contribution in [3.05, 3.63) is 59.2 Å². The van der Waals surface area contributed by atoms with E-state index in [2.05, 4.69) is 10.9 Å². The molecule has 0 amide bonds. The van der Waals surface area contributed by atoms with Crippen molar-refractivity contribution < 1.29 is 0 Å². The Hall–Kier alpha value is -2.17. The number of hydrogen-bond acceptors (Lipinski definition) is 0. The fourth-order valence-electron chi connectivity index (χ4n) is 2.11. The van der Waals surface area contributed by atoms with Crippen LogP contribution in [0.5, 0.6) is 0 Å². The summed E-state index contributed by atoms with van der Waals surface area (Å²) >= 11 is 6.24. The highest BCUT2D eigenvalue weighted by molar-refractivity contribution is 6.33. The van der Waals surface area contributed by atoms with Gasteiger partial charge in [0.2, 0.25) is 0 Å². The second-order valence-corrected chi connectivity index (χ2v) is 4.49. The molecule has 18 heavy (non-hydrogen) atoms. The van der Waals surface area contributed by atoms with Crippen LogP contribution in [0, 0.1) is 12.3 Å². The third-order valence-electron chi connectivity index (χ3n) is 3.01. The van der Waals surface area contributed by atoms with Gasteiger partial charge in [-0.05, 0) is 24.3 Å². The van der Waals surface area contributed by atoms with Gasteiger partial charge >= 0.3 is 0 Å². The second-order valence-electron chi connectivity index (χ2n) is 4.09. The molecule has 1 N–H and O–H groups in total. The van der Waals surface area contributed by atoms with Gasteiger partial charge in [0.05, 0.1) is 0 Å². The molecule has 2 aromatic carbocycles. The Kier molecular flexibility index (Phi) is 2.59. The van der Waals surface area contributed by atoms with Crippen molar-refractivity contribution in [3.63, 3.8) is 0 Å². The smallest absolute Gasteiger partial charge is 0.0485 e. The quantitative estimate of drug-likeness (QED) is 0.614. The van der Waals surface area contributed by atoms with E-state index in [9.17, 15) is 0 Å². The Morgan fingerprint density at radius 1 is 1.06 bits per heavy atom. The molecule has 2 heteroatoms. The number of hydrogen-bond donors (Lipinski definition) is 1. The molecule has 1 heterocycles. The van der Waals surface area contributed by atoms with Crippen LogP contribution < -0.4 is 0 Å². The van der Waals surface area contributed by atoms with Gasteiger partial charge in [-0.1, -0.05) is 35.7 Å². The van der Waals surface area contributed by atoms with Crippen molar-refractivity contribution in [2.45, 2.75) is 0 Å². The minimum atomic E-state index is 0.740. The lowest BCUT2D eigenvalue weighted by Gasteiger charge is -2.02. The van der Waals surface area contributed by atoms with Crippen LogP contribution in [0.15, 0.2) is 48.7 Å². The fraction of sp³-hybridized carbons (Fsp3) is 0. The summed E-state index contributed by atoms with van der Waals surface area (Å²) in [7, 11) is 0. The Morgan fingerprint density at radius 2 is 1.89 bits per heavy atom. The van der Waals surface area contributed by atoms with Gasteiger partial charge in [-0.25, -0.2) is 0 Å². The minimum absolute atomic E-state index is 0.740. The van der Waals surface area contributed by atoms with E-state index in [-0.39, 0.29) is 0 Å². The van der Waals surface area contributed by atoms with Gasteiger partial charge in [0.15, 0.2) is 0 Å². The summed E-state index contributed by atoms with van der Waals surface area (Å²) in [6.07, 6.45) is 7.41. The molecule has 0 unspecified atom stereocenters. The van der Waals surface area contributed by atoms with E-state index < -0.39 is 0 Å². The fourth-order valence-corrected chi connectivity index (χ4v) is 2.35. The Labute approximate surface area is 110 Å². The predicted molar refractivity (Wildman–Crippen MR) is 76.7 cm³/mol. The molecule has 0 aliphatic carbocycles. The number of rotatable bonds is 1. The normalized spacial score (nSPS) is 10.4. The maximum atomic E-state index is 6.24. The standard InChI is InChI=1S/C16H10ClN/c1-2-11-7-8-16-13(9-11)14(10-18-16)12-5-3-4-6-15(12)17/h1,3-10,18H. The number of benzene rings is 2. The molecule has 0 aliphatic heterocycles. The highest BCUT2D eigenvalue weighted by Crippen LogP contribution is 2.33. The molecule has 3 rings (SSSR count). The highest BCUT2D eigenvalue weighted by atomic mass is 35.5. The van der Waals surface area contributed by atoms with Crippen molar-refractivity contribution >= 4 is 22.5 Å². The van der Waals surface area contributed by atoms with Crippen LogP contribution in [0.4, 0.5) is 0 Å². The van der Waals surface area contributed by atoms with Gasteiger partial charge in [0.25, 0.3) is 0 Å². The summed E-state index contributed by atoms with van der Waals surface area (Å²) in [4.78, 5) is 3.24. The summed E-state index contributed by atoms with van der Waals surface area (Å²) in [5, 5.41) is 1.84. The number of nitrogens with one attached hydrogen (secondary N) is 1. The van der Waals surface area contributed by atoms with Gasteiger partial charge in [0, 0.05) is 38.8 Å². The lowest BCUT2D eigenvalue weighted by molar-refractivity contribution is 1.47. The average Bonchev–Trinajstić information content (AvgIpc) is 2.82. The zero-order valence-corrected chi connectivity index (χ0v) is 10.3. The van der Waals surface area contributed by atoms with E-state index in [1.54, 1.807) is 0 Å². The molecule has 0 bridgehead atoms. The molecular formula is C16H10ClN. The molecule has 86 valence electrons. The van der Waals surface area contributed by atoms with Gasteiger partial charge in [-0.15, -0.1) is 6.42 Å². The van der Waals surface area contributed by atoms with Crippen molar-refractivity contribution in [2.24, 2.45) is 0 Å². The van der Waals surface area contributed by atoms with Crippen LogP contribution in [0.2, 0.25) is 5.02 Å². The van der Waals surface area contributed by atoms with Gasteiger partial charge in [0.1, 0.15) is 0 Å². The van der Waals surface area contributed by atoms with Crippen LogP contribution in [-0.2, 0) is 0 Å². The topological polar surface area (TPSA) is 15.8 Å². The maximum absolute atomic E-state index is 6.24. The van der Waals surface area contributed by atoms with E-state index >= 15 is 0 Å². The zero-order chi connectivity index (χ0) is 12.5. The third-order valence-corrected chi connectivity index (χ3v) is 3.34. The van der Waals surface area contributed by atoms with Crippen molar-refractivity contribution in [2.75, 3.05) is 0 Å². The molecule has 0 aliphatic rings. The summed E-state index contributed by atoms with van der Waals surface area (Å²) < 4.78 is 0. The third kappa shape index (κ3) is 1.68. The first-order valence-electron chi connectivity index (χ1n) is 5.62. The van der Waals surface area contributed by atoms with E-state index in [1.807, 2.05) is 48.7 Å². The Bertz CT molecular complexity index is 762. The van der Waals surface area contributed by atoms with Crippen LogP contribution in [0.3, 0.4) is 0 Å². The molecule has 0 atom stereocenters. The Balaban J connectivity index is 2.31. The lowest BCUT2D eigenvalue weighted by atomic mass is 10.0. The van der Waals surface area contributed by atoms with Crippen molar-refractivity contribution in [3.8, 4) is 23.5 Å². The van der Waals surface area contributed by atoms with E-state index in [0.717, 1.165) is 32.6 Å². The van der Waals surface area contributed by atoms with Crippen LogP contribution >= 0.6 is 11.6 Å². The zero-order valence-electron chi connectivity index (χ0n) is 9.57. The molecule has 0 saturated heterocycles. The highest BCUT2D eigenvalue weighted by Gasteiger charge is 2.09. The molecule has 1 aromatic heterocycles. The summed E-state index contributed by atoms with van der Waals surface area (Å²) in [5.41, 5.74) is 4.02. The number of terminal acetylenes is 1. The molecule has 3 aromatic rings. The van der Waals surface area contributed by atoms with Crippen LogP contribution in [0.1, 0.15) is 5.56 Å². The predicted octanol–water partition coefficient (Wildman–Crippen LogP) is 4.47. The van der Waals surface area contributed by atoms with E-state index in [4.69, 9.17) is 18.0 Å². The monoisotopic (exact) mass is 251 g/mol. The van der Waals surface area contributed by atoms with Crippen LogP contribution in [-0.4, -0.2) is 4.98 Å². The van der Waals surface area contributed by atoms with E-state index in [1.165, 1.54) is 0 Å². The minimum Gasteiger partial charge on any atom is -0.361 e. The lowest BCUT2D eigenvalue weighted by Crippen LogP contribution is -1.78. The van der Waals surface area contributed by atoms with Crippen molar-refractivity contribution in [1.29, 1.82) is 0 Å². The molecular weight excluding hydrogens is 242 g/mol. The number of aromatic nitrogens is 1. The van der Waals surface area contributed by atoms with Gasteiger partial charge < -0.3 is 4.98 Å². The molecule has 0 fully saturated rings. The Morgan fingerprint density at radius 3 is 2.67 bits per heavy atom. The van der Waals surface area contributed by atoms with Gasteiger partial charge in [-0.2, -0.15) is 0 Å². The SMILES string of the molecule is C#Cc1ccc2[nH]cc(-c3ccccc3Cl)c2c1. The first-order chi connectivity index (χ1) is 8.79. The molecule has 0 radical (unpaired) electrons. The number of halogens is 1. The maximum Gasteiger partial charge on any atom is 0.0485 e. The largest absolute Gasteiger partial charge is 0.361 e. The summed E-state index contributed by atoms with van der Waals surface area (Å²) in [5.74, 6) is 2.66. The van der Waals surface area contributed by atoms with E-state index in [0.29, 0.717) is 0 Å². The molecule has 1 nitrogen and oxygen atoms in total. The first kappa shape index (κ1) is 11.0. The molecule has 0 spiro atoms.